The van der Waals surface area contributed by atoms with E-state index in [0.29, 0.717) is 0 Å². The highest BCUT2D eigenvalue weighted by molar-refractivity contribution is 5.26. The molecule has 0 aliphatic carbocycles. The number of rotatable bonds is 2. The molecule has 0 fully saturated rings. The summed E-state index contributed by atoms with van der Waals surface area (Å²) in [4.78, 5) is 26.7. The maximum absolute atomic E-state index is 10.1. The molecule has 0 saturated carbocycles. The van der Waals surface area contributed by atoms with Crippen molar-refractivity contribution in [2.75, 3.05) is 0 Å². The minimum absolute atomic E-state index is 0.0330. The number of aryl methyl sites for hydroxylation is 2. The van der Waals surface area contributed by atoms with Gasteiger partial charge in [0.15, 0.2) is 0 Å². The predicted octanol–water partition coefficient (Wildman–Crippen LogP) is 2.60. The molecule has 0 aromatic carbocycles. The summed E-state index contributed by atoms with van der Waals surface area (Å²) in [5.41, 5.74) is 1.63. The van der Waals surface area contributed by atoms with E-state index in [0.717, 1.165) is 11.4 Å². The van der Waals surface area contributed by atoms with Crippen LogP contribution in [0.4, 0.5) is 11.4 Å². The molecule has 2 aromatic heterocycles. The highest BCUT2D eigenvalue weighted by atomic mass is 16.6. The minimum Gasteiger partial charge on any atom is -0.258 e. The van der Waals surface area contributed by atoms with Gasteiger partial charge in [0.05, 0.1) is 9.85 Å². The van der Waals surface area contributed by atoms with Crippen molar-refractivity contribution in [1.82, 2.24) is 9.97 Å². The molecule has 0 atom stereocenters. The molecule has 0 spiro atoms. The Hall–Kier alpha value is -2.90. The third-order valence-electron chi connectivity index (χ3n) is 2.21. The largest absolute Gasteiger partial charge is 0.287 e. The van der Waals surface area contributed by atoms with Crippen LogP contribution in [-0.2, 0) is 0 Å². The van der Waals surface area contributed by atoms with Crippen molar-refractivity contribution >= 4 is 11.4 Å². The van der Waals surface area contributed by atoms with Gasteiger partial charge in [-0.2, -0.15) is 0 Å². The summed E-state index contributed by atoms with van der Waals surface area (Å²) < 4.78 is 0. The van der Waals surface area contributed by atoms with Gasteiger partial charge in [0.2, 0.25) is 0 Å². The van der Waals surface area contributed by atoms with Gasteiger partial charge in [-0.15, -0.1) is 0 Å². The summed E-state index contributed by atoms with van der Waals surface area (Å²) in [7, 11) is 0. The number of nitrogens with zero attached hydrogens (tertiary/aromatic N) is 4. The van der Waals surface area contributed by atoms with Crippen LogP contribution in [0.2, 0.25) is 0 Å². The number of hydrogen-bond acceptors (Lipinski definition) is 6. The summed E-state index contributed by atoms with van der Waals surface area (Å²) in [6.45, 7) is 3.56. The van der Waals surface area contributed by atoms with Crippen LogP contribution in [0.1, 0.15) is 11.4 Å². The van der Waals surface area contributed by atoms with Crippen molar-refractivity contribution in [3.63, 3.8) is 0 Å². The van der Waals surface area contributed by atoms with Crippen molar-refractivity contribution < 1.29 is 9.85 Å². The minimum atomic E-state index is -0.466. The van der Waals surface area contributed by atoms with Crippen LogP contribution in [0, 0.1) is 34.1 Å². The quantitative estimate of drug-likeness (QED) is 0.615. The molecule has 2 rings (SSSR count). The maximum Gasteiger partial charge on any atom is 0.287 e. The van der Waals surface area contributed by atoms with E-state index in [1.165, 1.54) is 24.5 Å². The Morgan fingerprint density at radius 2 is 1.15 bits per heavy atom. The van der Waals surface area contributed by atoms with Gasteiger partial charge in [-0.3, -0.25) is 30.2 Å². The molecule has 2 aromatic rings. The van der Waals surface area contributed by atoms with Gasteiger partial charge in [0, 0.05) is 23.5 Å². The standard InChI is InChI=1S/2C6H6N2O2/c2*1-5-2-3-6(4-7-5)8(9)10/h2*2-4H,1H3. The fourth-order valence-corrected chi connectivity index (χ4v) is 1.14. The summed E-state index contributed by atoms with van der Waals surface area (Å²) in [6, 6.07) is 6.08. The van der Waals surface area contributed by atoms with Crippen molar-refractivity contribution in [1.29, 1.82) is 0 Å². The second kappa shape index (κ2) is 6.88. The monoisotopic (exact) mass is 276 g/mol. The Morgan fingerprint density at radius 3 is 1.35 bits per heavy atom. The van der Waals surface area contributed by atoms with Crippen LogP contribution in [0.25, 0.3) is 0 Å². The topological polar surface area (TPSA) is 112 Å². The maximum atomic E-state index is 10.1. The van der Waals surface area contributed by atoms with Gasteiger partial charge in [0.25, 0.3) is 11.4 Å². The van der Waals surface area contributed by atoms with E-state index in [-0.39, 0.29) is 11.4 Å². The Labute approximate surface area is 114 Å². The molecule has 8 nitrogen and oxygen atoms in total. The number of nitro groups is 2. The lowest BCUT2D eigenvalue weighted by Crippen LogP contribution is -1.88. The summed E-state index contributed by atoms with van der Waals surface area (Å²) in [6.07, 6.45) is 2.49. The van der Waals surface area contributed by atoms with Crippen molar-refractivity contribution in [3.05, 3.63) is 68.3 Å². The molecule has 0 radical (unpaired) electrons. The third kappa shape index (κ3) is 4.77. The van der Waals surface area contributed by atoms with E-state index < -0.39 is 9.85 Å². The molecule has 0 bridgehead atoms. The fraction of sp³-hybridized carbons (Fsp3) is 0.167. The summed E-state index contributed by atoms with van der Waals surface area (Å²) in [5, 5.41) is 20.2. The van der Waals surface area contributed by atoms with Crippen molar-refractivity contribution in [2.24, 2.45) is 0 Å². The van der Waals surface area contributed by atoms with Gasteiger partial charge in [-0.1, -0.05) is 0 Å². The van der Waals surface area contributed by atoms with Crippen molar-refractivity contribution in [3.8, 4) is 0 Å². The van der Waals surface area contributed by atoms with Crippen LogP contribution in [0.3, 0.4) is 0 Å². The molecular weight excluding hydrogens is 264 g/mol. The van der Waals surface area contributed by atoms with Gasteiger partial charge in [-0.05, 0) is 26.0 Å². The van der Waals surface area contributed by atoms with Crippen molar-refractivity contribution in [2.45, 2.75) is 13.8 Å². The van der Waals surface area contributed by atoms with Crippen LogP contribution in [0.5, 0.6) is 0 Å². The first kappa shape index (κ1) is 15.2. The molecule has 8 heteroatoms. The second-order valence-corrected chi connectivity index (χ2v) is 3.83. The van der Waals surface area contributed by atoms with Gasteiger partial charge >= 0.3 is 0 Å². The van der Waals surface area contributed by atoms with Crippen LogP contribution in [0.15, 0.2) is 36.7 Å². The van der Waals surface area contributed by atoms with Crippen LogP contribution >= 0.6 is 0 Å². The van der Waals surface area contributed by atoms with E-state index in [1.54, 1.807) is 26.0 Å². The molecule has 20 heavy (non-hydrogen) atoms. The number of pyridine rings is 2. The number of aromatic nitrogens is 2. The predicted molar refractivity (Wildman–Crippen MR) is 71.3 cm³/mol. The van der Waals surface area contributed by atoms with E-state index >= 15 is 0 Å². The fourth-order valence-electron chi connectivity index (χ4n) is 1.14. The van der Waals surface area contributed by atoms with E-state index in [2.05, 4.69) is 9.97 Å². The zero-order valence-corrected chi connectivity index (χ0v) is 10.9. The molecule has 0 saturated heterocycles. The molecule has 104 valence electrons. The van der Waals surface area contributed by atoms with E-state index in [9.17, 15) is 20.2 Å². The number of hydrogen-bond donors (Lipinski definition) is 0. The lowest BCUT2D eigenvalue weighted by atomic mass is 10.3. The van der Waals surface area contributed by atoms with E-state index in [4.69, 9.17) is 0 Å². The lowest BCUT2D eigenvalue weighted by Gasteiger charge is -1.89. The second-order valence-electron chi connectivity index (χ2n) is 3.83. The van der Waals surface area contributed by atoms with Gasteiger partial charge in [-0.25, -0.2) is 0 Å². The summed E-state index contributed by atoms with van der Waals surface area (Å²) >= 11 is 0. The SMILES string of the molecule is Cc1ccc([N+](=O)[O-])cn1.Cc1ccc([N+](=O)[O-])cn1. The molecule has 0 amide bonds. The molecule has 0 aliphatic rings. The Bertz CT molecular complexity index is 540. The Kier molecular flexibility index (Phi) is 5.21. The van der Waals surface area contributed by atoms with Crippen LogP contribution in [-0.4, -0.2) is 19.8 Å². The molecule has 0 unspecified atom stereocenters. The Morgan fingerprint density at radius 1 is 0.800 bits per heavy atom. The first-order chi connectivity index (χ1) is 9.40. The summed E-state index contributed by atoms with van der Waals surface area (Å²) in [5.74, 6) is 0. The lowest BCUT2D eigenvalue weighted by molar-refractivity contribution is -0.385. The first-order valence-corrected chi connectivity index (χ1v) is 5.54. The van der Waals surface area contributed by atoms with Gasteiger partial charge < -0.3 is 0 Å². The average Bonchev–Trinajstić information content (AvgIpc) is 2.40. The average molecular weight is 276 g/mol. The molecular formula is C12H12N4O4. The zero-order valence-electron chi connectivity index (χ0n) is 10.9. The smallest absolute Gasteiger partial charge is 0.258 e. The van der Waals surface area contributed by atoms with Crippen LogP contribution < -0.4 is 0 Å². The molecule has 0 aliphatic heterocycles. The Balaban J connectivity index is 0.000000200. The highest BCUT2D eigenvalue weighted by Crippen LogP contribution is 2.08. The highest BCUT2D eigenvalue weighted by Gasteiger charge is 2.02. The van der Waals surface area contributed by atoms with Gasteiger partial charge in [0.1, 0.15) is 12.4 Å². The first-order valence-electron chi connectivity index (χ1n) is 5.54. The molecule has 2 heterocycles. The normalized spacial score (nSPS) is 9.30. The van der Waals surface area contributed by atoms with E-state index in [1.807, 2.05) is 0 Å². The molecule has 0 N–H and O–H groups in total. The zero-order chi connectivity index (χ0) is 15.1. The third-order valence-corrected chi connectivity index (χ3v) is 2.21.